The van der Waals surface area contributed by atoms with Crippen LogP contribution in [0.25, 0.3) is 0 Å². The average Bonchev–Trinajstić information content (AvgIpc) is 2.84. The largest absolute Gasteiger partial charge is 0.417 e. The normalized spacial score (nSPS) is 21.0. The Morgan fingerprint density at radius 1 is 0.868 bits per heavy atom. The number of carbonyl (C=O) groups excluding carboxylic acids is 2. The van der Waals surface area contributed by atoms with E-state index in [-0.39, 0.29) is 30.2 Å². The molecule has 2 N–H and O–H groups in total. The van der Waals surface area contributed by atoms with Crippen molar-refractivity contribution in [2.24, 2.45) is 0 Å². The minimum Gasteiger partial charge on any atom is -0.349 e. The molecule has 2 fully saturated rings. The molecular formula is C25H26F6N4O3. The van der Waals surface area contributed by atoms with Gasteiger partial charge >= 0.3 is 12.4 Å². The van der Waals surface area contributed by atoms with Gasteiger partial charge in [0.1, 0.15) is 0 Å². The van der Waals surface area contributed by atoms with Gasteiger partial charge in [-0.2, -0.15) is 26.3 Å². The molecule has 13 heteroatoms. The number of pyridine rings is 1. The molecule has 2 heterocycles. The van der Waals surface area contributed by atoms with Crippen molar-refractivity contribution < 1.29 is 35.9 Å². The number of likely N-dealkylation sites (tertiary alicyclic amines) is 1. The van der Waals surface area contributed by atoms with Crippen molar-refractivity contribution in [1.82, 2.24) is 20.1 Å². The summed E-state index contributed by atoms with van der Waals surface area (Å²) in [5.41, 5.74) is -2.48. The van der Waals surface area contributed by atoms with Crippen molar-refractivity contribution in [1.29, 1.82) is 0 Å². The molecule has 1 saturated heterocycles. The minimum absolute atomic E-state index is 0.156. The van der Waals surface area contributed by atoms with E-state index >= 15 is 0 Å². The summed E-state index contributed by atoms with van der Waals surface area (Å²) in [7, 11) is 0. The van der Waals surface area contributed by atoms with Crippen molar-refractivity contribution in [3.05, 3.63) is 69.6 Å². The van der Waals surface area contributed by atoms with Crippen LogP contribution in [0.2, 0.25) is 0 Å². The van der Waals surface area contributed by atoms with Crippen LogP contribution in [0.3, 0.4) is 0 Å². The molecule has 2 aromatic rings. The molecule has 4 rings (SSSR count). The van der Waals surface area contributed by atoms with Gasteiger partial charge in [0.15, 0.2) is 0 Å². The van der Waals surface area contributed by atoms with Crippen LogP contribution in [0.5, 0.6) is 0 Å². The van der Waals surface area contributed by atoms with Gasteiger partial charge in [0.05, 0.1) is 23.7 Å². The van der Waals surface area contributed by atoms with Gasteiger partial charge in [-0.15, -0.1) is 0 Å². The zero-order valence-corrected chi connectivity index (χ0v) is 20.1. The number of halogens is 6. The van der Waals surface area contributed by atoms with Crippen molar-refractivity contribution in [2.45, 2.75) is 56.2 Å². The number of alkyl halides is 6. The zero-order chi connectivity index (χ0) is 27.7. The van der Waals surface area contributed by atoms with E-state index in [0.717, 1.165) is 36.5 Å². The molecule has 38 heavy (non-hydrogen) atoms. The predicted molar refractivity (Wildman–Crippen MR) is 124 cm³/mol. The number of amides is 2. The standard InChI is InChI=1S/C25H26F6N4O3/c26-24(27,28)16-3-1-2-15(10-16)23(38)32-11-21(36)33-18-13-34(14-18)19-5-7-20(8-6-19)35-12-17(25(29,30)31)4-9-22(35)37/h1-4,9-10,12,18-20H,5-8,11,13-14H2,(H,32,38)(H,33,36). The Hall–Kier alpha value is -3.35. The summed E-state index contributed by atoms with van der Waals surface area (Å²) in [5, 5.41) is 5.08. The fraction of sp³-hybridized carbons (Fsp3) is 0.480. The Kier molecular flexibility index (Phi) is 7.86. The molecule has 0 atom stereocenters. The Balaban J connectivity index is 1.19. The lowest BCUT2D eigenvalue weighted by molar-refractivity contribution is -0.138. The summed E-state index contributed by atoms with van der Waals surface area (Å²) in [5.74, 6) is -1.26. The maximum atomic E-state index is 13.0. The molecule has 1 aromatic heterocycles. The predicted octanol–water partition coefficient (Wildman–Crippen LogP) is 3.60. The third-order valence-corrected chi connectivity index (χ3v) is 6.98. The minimum atomic E-state index is -4.58. The number of carbonyl (C=O) groups is 2. The molecule has 206 valence electrons. The van der Waals surface area contributed by atoms with Crippen LogP contribution in [0.1, 0.15) is 53.2 Å². The lowest BCUT2D eigenvalue weighted by Crippen LogP contribution is -2.63. The SMILES string of the molecule is O=C(CNC(=O)c1cccc(C(F)(F)F)c1)NC1CN(C2CCC(n3cc(C(F)(F)F)ccc3=O)CC2)C1. The average molecular weight is 544 g/mol. The molecule has 2 amide bonds. The third-order valence-electron chi connectivity index (χ3n) is 6.98. The van der Waals surface area contributed by atoms with E-state index in [1.807, 2.05) is 0 Å². The highest BCUT2D eigenvalue weighted by atomic mass is 19.4. The van der Waals surface area contributed by atoms with E-state index in [1.54, 1.807) is 0 Å². The second-order valence-corrected chi connectivity index (χ2v) is 9.60. The van der Waals surface area contributed by atoms with Gasteiger partial charge in [-0.1, -0.05) is 6.07 Å². The molecule has 1 aliphatic carbocycles. The number of nitrogens with zero attached hydrogens (tertiary/aromatic N) is 2. The van der Waals surface area contributed by atoms with Crippen LogP contribution >= 0.6 is 0 Å². The topological polar surface area (TPSA) is 83.4 Å². The van der Waals surface area contributed by atoms with E-state index < -0.39 is 40.9 Å². The maximum Gasteiger partial charge on any atom is 0.417 e. The first-order chi connectivity index (χ1) is 17.8. The lowest BCUT2D eigenvalue weighted by Gasteiger charge is -2.46. The second kappa shape index (κ2) is 10.8. The second-order valence-electron chi connectivity index (χ2n) is 9.60. The van der Waals surface area contributed by atoms with Gasteiger partial charge in [-0.25, -0.2) is 0 Å². The van der Waals surface area contributed by atoms with Gasteiger partial charge in [0, 0.05) is 43.0 Å². The number of hydrogen-bond donors (Lipinski definition) is 2. The summed E-state index contributed by atoms with van der Waals surface area (Å²) in [6, 6.07) is 5.36. The molecule has 1 aliphatic heterocycles. The number of aromatic nitrogens is 1. The summed E-state index contributed by atoms with van der Waals surface area (Å²) >= 11 is 0. The highest BCUT2D eigenvalue weighted by Crippen LogP contribution is 2.34. The van der Waals surface area contributed by atoms with E-state index in [0.29, 0.717) is 38.8 Å². The number of rotatable bonds is 6. The third kappa shape index (κ3) is 6.55. The quantitative estimate of drug-likeness (QED) is 0.545. The Morgan fingerprint density at radius 3 is 2.13 bits per heavy atom. The van der Waals surface area contributed by atoms with E-state index in [1.165, 1.54) is 10.6 Å². The Bertz CT molecular complexity index is 1230. The molecule has 1 aromatic carbocycles. The molecular weight excluding hydrogens is 518 g/mol. The number of benzene rings is 1. The summed E-state index contributed by atoms with van der Waals surface area (Å²) in [4.78, 5) is 38.6. The summed E-state index contributed by atoms with van der Waals surface area (Å²) in [6.45, 7) is 0.737. The number of nitrogens with one attached hydrogen (secondary N) is 2. The first-order valence-electron chi connectivity index (χ1n) is 12.1. The van der Waals surface area contributed by atoms with Gasteiger partial charge in [-0.3, -0.25) is 19.3 Å². The molecule has 0 radical (unpaired) electrons. The molecule has 0 spiro atoms. The number of hydrogen-bond acceptors (Lipinski definition) is 4. The van der Waals surface area contributed by atoms with Crippen LogP contribution in [-0.2, 0) is 17.1 Å². The molecule has 0 unspecified atom stereocenters. The monoisotopic (exact) mass is 544 g/mol. The smallest absolute Gasteiger partial charge is 0.349 e. The first-order valence-corrected chi connectivity index (χ1v) is 12.1. The highest BCUT2D eigenvalue weighted by Gasteiger charge is 2.37. The highest BCUT2D eigenvalue weighted by molar-refractivity contribution is 5.96. The first kappa shape index (κ1) is 27.7. The van der Waals surface area contributed by atoms with Crippen molar-refractivity contribution in [3.8, 4) is 0 Å². The molecule has 1 saturated carbocycles. The molecule has 2 aliphatic rings. The van der Waals surface area contributed by atoms with Crippen molar-refractivity contribution >= 4 is 11.8 Å². The van der Waals surface area contributed by atoms with E-state index in [9.17, 15) is 40.7 Å². The zero-order valence-electron chi connectivity index (χ0n) is 20.1. The van der Waals surface area contributed by atoms with Crippen LogP contribution in [0, 0.1) is 0 Å². The van der Waals surface area contributed by atoms with E-state index in [4.69, 9.17) is 0 Å². The fourth-order valence-corrected chi connectivity index (χ4v) is 4.94. The molecule has 7 nitrogen and oxygen atoms in total. The van der Waals surface area contributed by atoms with Crippen LogP contribution < -0.4 is 16.2 Å². The Labute approximate surface area is 213 Å². The van der Waals surface area contributed by atoms with Crippen LogP contribution in [0.4, 0.5) is 26.3 Å². The van der Waals surface area contributed by atoms with Crippen molar-refractivity contribution in [3.63, 3.8) is 0 Å². The van der Waals surface area contributed by atoms with Crippen LogP contribution in [-0.4, -0.2) is 53.0 Å². The van der Waals surface area contributed by atoms with Gasteiger partial charge < -0.3 is 15.2 Å². The van der Waals surface area contributed by atoms with E-state index in [2.05, 4.69) is 15.5 Å². The van der Waals surface area contributed by atoms with Crippen molar-refractivity contribution in [2.75, 3.05) is 19.6 Å². The fourth-order valence-electron chi connectivity index (χ4n) is 4.94. The van der Waals surface area contributed by atoms with Gasteiger partial charge in [0.25, 0.3) is 11.5 Å². The van der Waals surface area contributed by atoms with Gasteiger partial charge in [-0.05, 0) is 49.9 Å². The summed E-state index contributed by atoms with van der Waals surface area (Å²) in [6.07, 6.45) is -5.72. The summed E-state index contributed by atoms with van der Waals surface area (Å²) < 4.78 is 78.7. The Morgan fingerprint density at radius 2 is 1.50 bits per heavy atom. The maximum absolute atomic E-state index is 13.0. The van der Waals surface area contributed by atoms with Gasteiger partial charge in [0.2, 0.25) is 5.91 Å². The van der Waals surface area contributed by atoms with Crippen LogP contribution in [0.15, 0.2) is 47.4 Å². The molecule has 0 bridgehead atoms. The lowest BCUT2D eigenvalue weighted by atomic mass is 9.87.